The standard InChI is InChI=1S/C18H28N4O5S2/c19-28(24,25)16-5-7-17(8-6-16)29(26,27)22-13-11-21(12-14-22)10-9-18(23)20-15-3-1-2-4-15/h5-8,15H,1-4,9-14H2,(H,20,23)(H2,19,24,25). The molecule has 1 heterocycles. The highest BCUT2D eigenvalue weighted by molar-refractivity contribution is 7.89. The predicted molar refractivity (Wildman–Crippen MR) is 108 cm³/mol. The van der Waals surface area contributed by atoms with Crippen molar-refractivity contribution in [1.82, 2.24) is 14.5 Å². The Morgan fingerprint density at radius 2 is 1.52 bits per heavy atom. The Morgan fingerprint density at radius 3 is 2.07 bits per heavy atom. The number of primary sulfonamides is 1. The highest BCUT2D eigenvalue weighted by atomic mass is 32.2. The molecule has 0 bridgehead atoms. The van der Waals surface area contributed by atoms with Crippen LogP contribution in [0.3, 0.4) is 0 Å². The summed E-state index contributed by atoms with van der Waals surface area (Å²) in [7, 11) is -7.57. The number of carbonyl (C=O) groups is 1. The minimum Gasteiger partial charge on any atom is -0.353 e. The van der Waals surface area contributed by atoms with E-state index in [2.05, 4.69) is 10.2 Å². The van der Waals surface area contributed by atoms with Gasteiger partial charge in [-0.25, -0.2) is 22.0 Å². The van der Waals surface area contributed by atoms with E-state index in [4.69, 9.17) is 5.14 Å². The van der Waals surface area contributed by atoms with Crippen LogP contribution in [0.2, 0.25) is 0 Å². The molecule has 1 aromatic carbocycles. The van der Waals surface area contributed by atoms with Crippen molar-refractivity contribution in [2.24, 2.45) is 5.14 Å². The minimum absolute atomic E-state index is 0.0364. The average Bonchev–Trinajstić information content (AvgIpc) is 3.19. The summed E-state index contributed by atoms with van der Waals surface area (Å²) >= 11 is 0. The fraction of sp³-hybridized carbons (Fsp3) is 0.611. The Kier molecular flexibility index (Phi) is 6.94. The van der Waals surface area contributed by atoms with E-state index in [9.17, 15) is 21.6 Å². The molecule has 0 aromatic heterocycles. The number of hydrogen-bond donors (Lipinski definition) is 2. The second-order valence-corrected chi connectivity index (χ2v) is 11.1. The van der Waals surface area contributed by atoms with Gasteiger partial charge < -0.3 is 10.2 Å². The van der Waals surface area contributed by atoms with Crippen LogP contribution in [0, 0.1) is 0 Å². The van der Waals surface area contributed by atoms with Crippen molar-refractivity contribution >= 4 is 26.0 Å². The lowest BCUT2D eigenvalue weighted by Gasteiger charge is -2.33. The fourth-order valence-corrected chi connectivity index (χ4v) is 5.71. The number of hydrogen-bond acceptors (Lipinski definition) is 6. The summed E-state index contributed by atoms with van der Waals surface area (Å²) in [6, 6.07) is 5.22. The van der Waals surface area contributed by atoms with Crippen LogP contribution in [0.15, 0.2) is 34.1 Å². The molecule has 162 valence electrons. The first-order valence-corrected chi connectivity index (χ1v) is 12.8. The quantitative estimate of drug-likeness (QED) is 0.613. The van der Waals surface area contributed by atoms with Gasteiger partial charge in [-0.2, -0.15) is 4.31 Å². The second-order valence-electron chi connectivity index (χ2n) is 7.56. The van der Waals surface area contributed by atoms with Crippen LogP contribution in [0.4, 0.5) is 0 Å². The number of nitrogens with zero attached hydrogens (tertiary/aromatic N) is 2. The maximum atomic E-state index is 12.8. The van der Waals surface area contributed by atoms with E-state index in [1.807, 2.05) is 0 Å². The molecule has 2 fully saturated rings. The molecular formula is C18H28N4O5S2. The van der Waals surface area contributed by atoms with Crippen molar-refractivity contribution < 1.29 is 21.6 Å². The number of amides is 1. The molecule has 1 saturated carbocycles. The van der Waals surface area contributed by atoms with Crippen LogP contribution in [0.1, 0.15) is 32.1 Å². The van der Waals surface area contributed by atoms with E-state index >= 15 is 0 Å². The summed E-state index contributed by atoms with van der Waals surface area (Å²) in [6.45, 7) is 2.35. The van der Waals surface area contributed by atoms with Crippen LogP contribution in [0.25, 0.3) is 0 Å². The zero-order valence-corrected chi connectivity index (χ0v) is 17.9. The molecule has 1 amide bonds. The average molecular weight is 445 g/mol. The van der Waals surface area contributed by atoms with Gasteiger partial charge in [-0.15, -0.1) is 0 Å². The highest BCUT2D eigenvalue weighted by Gasteiger charge is 2.29. The largest absolute Gasteiger partial charge is 0.353 e. The van der Waals surface area contributed by atoms with E-state index in [1.54, 1.807) is 0 Å². The van der Waals surface area contributed by atoms with Crippen molar-refractivity contribution in [1.29, 1.82) is 0 Å². The van der Waals surface area contributed by atoms with E-state index < -0.39 is 20.0 Å². The summed E-state index contributed by atoms with van der Waals surface area (Å²) in [5.74, 6) is 0.0573. The molecule has 0 radical (unpaired) electrons. The van der Waals surface area contributed by atoms with Gasteiger partial charge in [-0.1, -0.05) is 12.8 Å². The van der Waals surface area contributed by atoms with Crippen molar-refractivity contribution in [3.05, 3.63) is 24.3 Å². The van der Waals surface area contributed by atoms with Crippen LogP contribution in [0.5, 0.6) is 0 Å². The first kappa shape index (κ1) is 22.2. The highest BCUT2D eigenvalue weighted by Crippen LogP contribution is 2.20. The SMILES string of the molecule is NS(=O)(=O)c1ccc(S(=O)(=O)N2CCN(CCC(=O)NC3CCCC3)CC2)cc1. The number of nitrogens with two attached hydrogens (primary N) is 1. The molecule has 9 nitrogen and oxygen atoms in total. The second kappa shape index (κ2) is 9.09. The molecule has 0 spiro atoms. The fourth-order valence-electron chi connectivity index (χ4n) is 3.77. The molecule has 1 aliphatic carbocycles. The predicted octanol–water partition coefficient (Wildman–Crippen LogP) is 0.0892. The van der Waals surface area contributed by atoms with Crippen molar-refractivity contribution in [2.45, 2.75) is 47.9 Å². The molecule has 11 heteroatoms. The third-order valence-electron chi connectivity index (χ3n) is 5.50. The zero-order chi connectivity index (χ0) is 21.1. The maximum Gasteiger partial charge on any atom is 0.243 e. The van der Waals surface area contributed by atoms with Crippen molar-refractivity contribution in [3.63, 3.8) is 0 Å². The first-order chi connectivity index (χ1) is 13.7. The lowest BCUT2D eigenvalue weighted by molar-refractivity contribution is -0.122. The number of rotatable bonds is 7. The summed E-state index contributed by atoms with van der Waals surface area (Å²) in [5.41, 5.74) is 0. The van der Waals surface area contributed by atoms with E-state index in [1.165, 1.54) is 41.4 Å². The van der Waals surface area contributed by atoms with Crippen LogP contribution < -0.4 is 10.5 Å². The molecule has 0 unspecified atom stereocenters. The van der Waals surface area contributed by atoms with Gasteiger partial charge in [-0.05, 0) is 37.1 Å². The first-order valence-electron chi connectivity index (χ1n) is 9.81. The van der Waals surface area contributed by atoms with Gasteiger partial charge in [0.1, 0.15) is 0 Å². The van der Waals surface area contributed by atoms with E-state index in [0.717, 1.165) is 12.8 Å². The zero-order valence-electron chi connectivity index (χ0n) is 16.3. The molecule has 3 rings (SSSR count). The van der Waals surface area contributed by atoms with Crippen LogP contribution in [-0.4, -0.2) is 70.7 Å². The summed E-state index contributed by atoms with van der Waals surface area (Å²) in [4.78, 5) is 14.0. The smallest absolute Gasteiger partial charge is 0.243 e. The Bertz CT molecular complexity index is 918. The van der Waals surface area contributed by atoms with Gasteiger partial charge in [0.15, 0.2) is 0 Å². The van der Waals surface area contributed by atoms with Gasteiger partial charge >= 0.3 is 0 Å². The lowest BCUT2D eigenvalue weighted by atomic mass is 10.2. The third-order valence-corrected chi connectivity index (χ3v) is 8.34. The number of nitrogens with one attached hydrogen (secondary N) is 1. The van der Waals surface area contributed by atoms with Crippen molar-refractivity contribution in [2.75, 3.05) is 32.7 Å². The molecular weight excluding hydrogens is 416 g/mol. The topological polar surface area (TPSA) is 130 Å². The van der Waals surface area contributed by atoms with Gasteiger partial charge in [0, 0.05) is 45.2 Å². The molecule has 1 saturated heterocycles. The van der Waals surface area contributed by atoms with Crippen molar-refractivity contribution in [3.8, 4) is 0 Å². The number of piperazine rings is 1. The van der Waals surface area contributed by atoms with E-state index in [0.29, 0.717) is 45.2 Å². The summed E-state index contributed by atoms with van der Waals surface area (Å²) in [6.07, 6.45) is 4.87. The van der Waals surface area contributed by atoms with Gasteiger partial charge in [0.05, 0.1) is 9.79 Å². The molecule has 0 atom stereocenters. The summed E-state index contributed by atoms with van der Waals surface area (Å²) < 4.78 is 49.6. The monoisotopic (exact) mass is 444 g/mol. The molecule has 2 aliphatic rings. The maximum absolute atomic E-state index is 12.8. The van der Waals surface area contributed by atoms with Gasteiger partial charge in [0.2, 0.25) is 26.0 Å². The summed E-state index contributed by atoms with van der Waals surface area (Å²) in [5, 5.41) is 8.11. The molecule has 1 aromatic rings. The molecule has 1 aliphatic heterocycles. The number of benzene rings is 1. The van der Waals surface area contributed by atoms with Crippen LogP contribution >= 0.6 is 0 Å². The van der Waals surface area contributed by atoms with Gasteiger partial charge in [0.25, 0.3) is 0 Å². The Hall–Kier alpha value is -1.53. The Morgan fingerprint density at radius 1 is 0.966 bits per heavy atom. The Labute approximate surface area is 172 Å². The molecule has 29 heavy (non-hydrogen) atoms. The van der Waals surface area contributed by atoms with E-state index in [-0.39, 0.29) is 15.7 Å². The third kappa shape index (κ3) is 5.76. The number of sulfonamides is 2. The minimum atomic E-state index is -3.87. The normalized spacial score (nSPS) is 20.0. The van der Waals surface area contributed by atoms with Crippen LogP contribution in [-0.2, 0) is 24.8 Å². The number of carbonyl (C=O) groups excluding carboxylic acids is 1. The Balaban J connectivity index is 1.49. The van der Waals surface area contributed by atoms with Gasteiger partial charge in [-0.3, -0.25) is 4.79 Å². The lowest BCUT2D eigenvalue weighted by Crippen LogP contribution is -2.49. The molecule has 3 N–H and O–H groups in total.